The van der Waals surface area contributed by atoms with Crippen LogP contribution in [-0.4, -0.2) is 76.3 Å². The summed E-state index contributed by atoms with van der Waals surface area (Å²) in [7, 11) is 0. The van der Waals surface area contributed by atoms with Gasteiger partial charge in [0, 0.05) is 32.2 Å². The Morgan fingerprint density at radius 1 is 0.727 bits per heavy atom. The van der Waals surface area contributed by atoms with Gasteiger partial charge in [0.1, 0.15) is 0 Å². The number of benzene rings is 2. The SMILES string of the molecule is O=C1C(=O)N(C2CCCC2)C(=O)N1CN1CCN(C(c2ccccc2)c2ccccc2)CC1. The van der Waals surface area contributed by atoms with Gasteiger partial charge in [-0.1, -0.05) is 73.5 Å². The molecule has 0 aromatic heterocycles. The Morgan fingerprint density at radius 2 is 1.27 bits per heavy atom. The zero-order valence-electron chi connectivity index (χ0n) is 18.8. The smallest absolute Gasteiger partial charge is 0.290 e. The molecule has 0 N–H and O–H groups in total. The van der Waals surface area contributed by atoms with Gasteiger partial charge in [-0.3, -0.25) is 24.3 Å². The topological polar surface area (TPSA) is 64.2 Å². The van der Waals surface area contributed by atoms with Crippen molar-refractivity contribution in [1.82, 2.24) is 19.6 Å². The second kappa shape index (κ2) is 9.45. The molecule has 0 radical (unpaired) electrons. The van der Waals surface area contributed by atoms with Gasteiger partial charge in [0.2, 0.25) is 0 Å². The molecule has 7 heteroatoms. The van der Waals surface area contributed by atoms with Crippen molar-refractivity contribution in [3.05, 3.63) is 71.8 Å². The van der Waals surface area contributed by atoms with Gasteiger partial charge in [0.05, 0.1) is 12.7 Å². The van der Waals surface area contributed by atoms with Crippen molar-refractivity contribution in [2.75, 3.05) is 32.8 Å². The van der Waals surface area contributed by atoms with Crippen LogP contribution in [0, 0.1) is 0 Å². The van der Waals surface area contributed by atoms with Crippen LogP contribution in [0.2, 0.25) is 0 Å². The summed E-state index contributed by atoms with van der Waals surface area (Å²) in [5, 5.41) is 0. The van der Waals surface area contributed by atoms with Crippen molar-refractivity contribution in [2.45, 2.75) is 37.8 Å². The standard InChI is InChI=1S/C26H30N4O3/c31-24-25(32)30(22-13-7-8-14-22)26(33)29(24)19-27-15-17-28(18-16-27)23(20-9-3-1-4-10-20)21-11-5-2-6-12-21/h1-6,9-12,22-23H,7-8,13-19H2. The van der Waals surface area contributed by atoms with Gasteiger partial charge in [-0.05, 0) is 24.0 Å². The van der Waals surface area contributed by atoms with Crippen LogP contribution >= 0.6 is 0 Å². The minimum Gasteiger partial charge on any atom is -0.290 e. The quantitative estimate of drug-likeness (QED) is 0.504. The summed E-state index contributed by atoms with van der Waals surface area (Å²) in [5.74, 6) is -1.33. The molecule has 4 amide bonds. The molecule has 2 saturated heterocycles. The van der Waals surface area contributed by atoms with E-state index in [1.165, 1.54) is 16.0 Å². The third kappa shape index (κ3) is 4.30. The highest BCUT2D eigenvalue weighted by atomic mass is 16.2. The summed E-state index contributed by atoms with van der Waals surface area (Å²) in [6, 6.07) is 20.6. The average Bonchev–Trinajstić information content (AvgIpc) is 3.45. The number of hydrogen-bond acceptors (Lipinski definition) is 5. The van der Waals surface area contributed by atoms with Gasteiger partial charge in [0.25, 0.3) is 0 Å². The van der Waals surface area contributed by atoms with Crippen LogP contribution in [0.1, 0.15) is 42.9 Å². The first kappa shape index (κ1) is 21.8. The number of imide groups is 2. The second-order valence-corrected chi connectivity index (χ2v) is 9.15. The zero-order valence-corrected chi connectivity index (χ0v) is 18.8. The minimum absolute atomic E-state index is 0.117. The maximum Gasteiger partial charge on any atom is 0.335 e. The number of piperazine rings is 1. The van der Waals surface area contributed by atoms with E-state index in [9.17, 15) is 14.4 Å². The number of nitrogens with zero attached hydrogens (tertiary/aromatic N) is 4. The van der Waals surface area contributed by atoms with Gasteiger partial charge in [0.15, 0.2) is 0 Å². The third-order valence-electron chi connectivity index (χ3n) is 7.12. The molecule has 0 bridgehead atoms. The predicted octanol–water partition coefficient (Wildman–Crippen LogP) is 3.08. The molecule has 1 aliphatic carbocycles. The molecule has 2 aromatic rings. The number of hydrogen-bond donors (Lipinski definition) is 0. The van der Waals surface area contributed by atoms with Crippen molar-refractivity contribution in [1.29, 1.82) is 0 Å². The van der Waals surface area contributed by atoms with E-state index in [0.29, 0.717) is 0 Å². The van der Waals surface area contributed by atoms with Crippen LogP contribution in [0.4, 0.5) is 4.79 Å². The summed E-state index contributed by atoms with van der Waals surface area (Å²) < 4.78 is 0. The van der Waals surface area contributed by atoms with E-state index in [2.05, 4.69) is 58.3 Å². The lowest BCUT2D eigenvalue weighted by Crippen LogP contribution is -2.52. The highest BCUT2D eigenvalue weighted by Gasteiger charge is 2.48. The fourth-order valence-electron chi connectivity index (χ4n) is 5.38. The molecule has 1 saturated carbocycles. The third-order valence-corrected chi connectivity index (χ3v) is 7.12. The zero-order chi connectivity index (χ0) is 22.8. The first-order valence-electron chi connectivity index (χ1n) is 11.9. The molecule has 5 rings (SSSR count). The number of carbonyl (C=O) groups excluding carboxylic acids is 3. The molecule has 2 heterocycles. The first-order valence-corrected chi connectivity index (χ1v) is 11.9. The van der Waals surface area contributed by atoms with Gasteiger partial charge >= 0.3 is 17.8 Å². The molecular formula is C26H30N4O3. The molecule has 33 heavy (non-hydrogen) atoms. The number of rotatable bonds is 6. The molecule has 7 nitrogen and oxygen atoms in total. The Hall–Kier alpha value is -3.03. The Balaban J connectivity index is 1.25. The second-order valence-electron chi connectivity index (χ2n) is 9.15. The molecular weight excluding hydrogens is 416 g/mol. The van der Waals surface area contributed by atoms with Crippen LogP contribution < -0.4 is 0 Å². The molecule has 0 spiro atoms. The predicted molar refractivity (Wildman–Crippen MR) is 124 cm³/mol. The summed E-state index contributed by atoms with van der Waals surface area (Å²) in [6.07, 6.45) is 3.61. The fourth-order valence-corrected chi connectivity index (χ4v) is 5.38. The van der Waals surface area contributed by atoms with Crippen LogP contribution in [-0.2, 0) is 9.59 Å². The minimum atomic E-state index is -0.680. The van der Waals surface area contributed by atoms with E-state index in [-0.39, 0.29) is 18.8 Å². The normalized spacial score (nSPS) is 21.1. The molecule has 2 aliphatic heterocycles. The fraction of sp³-hybridized carbons (Fsp3) is 0.423. The molecule has 0 unspecified atom stereocenters. The van der Waals surface area contributed by atoms with E-state index >= 15 is 0 Å². The van der Waals surface area contributed by atoms with E-state index in [4.69, 9.17) is 0 Å². The van der Waals surface area contributed by atoms with E-state index < -0.39 is 17.8 Å². The van der Waals surface area contributed by atoms with Crippen molar-refractivity contribution in [2.24, 2.45) is 0 Å². The monoisotopic (exact) mass is 446 g/mol. The van der Waals surface area contributed by atoms with Crippen LogP contribution in [0.5, 0.6) is 0 Å². The largest absolute Gasteiger partial charge is 0.335 e. The highest BCUT2D eigenvalue weighted by molar-refractivity contribution is 6.44. The van der Waals surface area contributed by atoms with Crippen LogP contribution in [0.25, 0.3) is 0 Å². The highest BCUT2D eigenvalue weighted by Crippen LogP contribution is 2.30. The Labute approximate surface area is 194 Å². The van der Waals surface area contributed by atoms with Gasteiger partial charge < -0.3 is 0 Å². The van der Waals surface area contributed by atoms with Crippen molar-refractivity contribution < 1.29 is 14.4 Å². The summed E-state index contributed by atoms with van der Waals surface area (Å²) in [4.78, 5) is 44.9. The molecule has 172 valence electrons. The lowest BCUT2D eigenvalue weighted by Gasteiger charge is -2.40. The number of urea groups is 1. The summed E-state index contributed by atoms with van der Waals surface area (Å²) >= 11 is 0. The lowest BCUT2D eigenvalue weighted by molar-refractivity contribution is -0.144. The Morgan fingerprint density at radius 3 is 1.82 bits per heavy atom. The first-order chi connectivity index (χ1) is 16.1. The number of carbonyl (C=O) groups is 3. The lowest BCUT2D eigenvalue weighted by atomic mass is 9.96. The van der Waals surface area contributed by atoms with Crippen molar-refractivity contribution in [3.63, 3.8) is 0 Å². The van der Waals surface area contributed by atoms with Crippen LogP contribution in [0.3, 0.4) is 0 Å². The summed E-state index contributed by atoms with van der Waals surface area (Å²) in [5.41, 5.74) is 2.50. The van der Waals surface area contributed by atoms with E-state index in [0.717, 1.165) is 56.8 Å². The molecule has 0 atom stereocenters. The van der Waals surface area contributed by atoms with E-state index in [1.54, 1.807) is 0 Å². The maximum atomic E-state index is 12.9. The van der Waals surface area contributed by atoms with E-state index in [1.807, 2.05) is 12.1 Å². The number of amides is 4. The van der Waals surface area contributed by atoms with Gasteiger partial charge in [-0.15, -0.1) is 0 Å². The van der Waals surface area contributed by atoms with Crippen molar-refractivity contribution in [3.8, 4) is 0 Å². The van der Waals surface area contributed by atoms with Crippen molar-refractivity contribution >= 4 is 17.8 Å². The summed E-state index contributed by atoms with van der Waals surface area (Å²) in [6.45, 7) is 3.26. The molecule has 2 aromatic carbocycles. The molecule has 3 aliphatic rings. The van der Waals surface area contributed by atoms with Gasteiger partial charge in [-0.25, -0.2) is 9.69 Å². The Bertz CT molecular complexity index is 959. The van der Waals surface area contributed by atoms with Crippen LogP contribution in [0.15, 0.2) is 60.7 Å². The van der Waals surface area contributed by atoms with Gasteiger partial charge in [-0.2, -0.15) is 0 Å². The average molecular weight is 447 g/mol. The maximum absolute atomic E-state index is 12.9. The Kier molecular flexibility index (Phi) is 6.24. The molecule has 3 fully saturated rings.